The lowest BCUT2D eigenvalue weighted by Gasteiger charge is -2.02. The molecule has 0 aliphatic carbocycles. The Hall–Kier alpha value is -1.60. The van der Waals surface area contributed by atoms with Crippen LogP contribution in [0.2, 0.25) is 0 Å². The number of amidine groups is 1. The Morgan fingerprint density at radius 1 is 1.53 bits per heavy atom. The van der Waals surface area contributed by atoms with Crippen molar-refractivity contribution in [2.45, 2.75) is 10.1 Å². The lowest BCUT2D eigenvalue weighted by molar-refractivity contribution is 0.318. The molecular formula is C10H10N4OS2. The van der Waals surface area contributed by atoms with Gasteiger partial charge in [0.2, 0.25) is 0 Å². The lowest BCUT2D eigenvalue weighted by atomic mass is 10.1. The molecule has 0 amide bonds. The van der Waals surface area contributed by atoms with Crippen LogP contribution in [0.25, 0.3) is 0 Å². The summed E-state index contributed by atoms with van der Waals surface area (Å²) in [5.74, 6) is 0.898. The van der Waals surface area contributed by atoms with Gasteiger partial charge in [0, 0.05) is 11.3 Å². The largest absolute Gasteiger partial charge is 0.409 e. The van der Waals surface area contributed by atoms with E-state index in [0.29, 0.717) is 5.56 Å². The van der Waals surface area contributed by atoms with Gasteiger partial charge < -0.3 is 10.9 Å². The van der Waals surface area contributed by atoms with E-state index >= 15 is 0 Å². The second-order valence-electron chi connectivity index (χ2n) is 3.18. The molecule has 0 spiro atoms. The van der Waals surface area contributed by atoms with E-state index in [1.165, 1.54) is 11.5 Å². The smallest absolute Gasteiger partial charge is 0.170 e. The molecule has 1 aromatic carbocycles. The molecule has 3 N–H and O–H groups in total. The standard InChI is InChI=1S/C10H10N4OS2/c11-9(14-15)8-3-1-2-7(4-8)5-16-10-12-6-13-17-10/h1-4,6,15H,5H2,(H2,11,14). The zero-order valence-corrected chi connectivity index (χ0v) is 10.4. The number of rotatable bonds is 4. The first kappa shape index (κ1) is 11.9. The summed E-state index contributed by atoms with van der Waals surface area (Å²) in [7, 11) is 0. The topological polar surface area (TPSA) is 84.4 Å². The lowest BCUT2D eigenvalue weighted by Crippen LogP contribution is -2.13. The molecule has 17 heavy (non-hydrogen) atoms. The molecule has 0 saturated carbocycles. The van der Waals surface area contributed by atoms with Crippen LogP contribution in [-0.2, 0) is 5.75 Å². The monoisotopic (exact) mass is 266 g/mol. The maximum absolute atomic E-state index is 8.60. The predicted molar refractivity (Wildman–Crippen MR) is 68.4 cm³/mol. The molecule has 5 nitrogen and oxygen atoms in total. The zero-order valence-electron chi connectivity index (χ0n) is 8.78. The fourth-order valence-corrected chi connectivity index (χ4v) is 2.64. The number of benzene rings is 1. The summed E-state index contributed by atoms with van der Waals surface area (Å²) >= 11 is 2.98. The molecule has 0 saturated heterocycles. The van der Waals surface area contributed by atoms with Gasteiger partial charge in [0.25, 0.3) is 0 Å². The predicted octanol–water partition coefficient (Wildman–Crippen LogP) is 1.92. The summed E-state index contributed by atoms with van der Waals surface area (Å²) in [5, 5.41) is 11.6. The van der Waals surface area contributed by atoms with Gasteiger partial charge in [-0.25, -0.2) is 4.98 Å². The zero-order chi connectivity index (χ0) is 12.1. The van der Waals surface area contributed by atoms with Gasteiger partial charge in [-0.3, -0.25) is 0 Å². The van der Waals surface area contributed by atoms with Crippen LogP contribution in [0.1, 0.15) is 11.1 Å². The molecule has 0 bridgehead atoms. The van der Waals surface area contributed by atoms with Gasteiger partial charge >= 0.3 is 0 Å². The molecule has 1 aromatic heterocycles. The average Bonchev–Trinajstić information content (AvgIpc) is 2.89. The van der Waals surface area contributed by atoms with Crippen molar-refractivity contribution in [3.05, 3.63) is 41.7 Å². The van der Waals surface area contributed by atoms with E-state index in [1.807, 2.05) is 18.2 Å². The highest BCUT2D eigenvalue weighted by Gasteiger charge is 2.02. The summed E-state index contributed by atoms with van der Waals surface area (Å²) in [6.07, 6.45) is 1.54. The van der Waals surface area contributed by atoms with Gasteiger partial charge in [-0.05, 0) is 23.2 Å². The van der Waals surface area contributed by atoms with Gasteiger partial charge in [-0.15, -0.1) is 0 Å². The van der Waals surface area contributed by atoms with Gasteiger partial charge in [-0.1, -0.05) is 35.1 Å². The fraction of sp³-hybridized carbons (Fsp3) is 0.100. The summed E-state index contributed by atoms with van der Waals surface area (Å²) in [6.45, 7) is 0. The summed E-state index contributed by atoms with van der Waals surface area (Å²) < 4.78 is 4.86. The Morgan fingerprint density at radius 2 is 2.41 bits per heavy atom. The normalized spacial score (nSPS) is 11.6. The van der Waals surface area contributed by atoms with Crippen molar-refractivity contribution in [2.24, 2.45) is 10.9 Å². The molecule has 2 rings (SSSR count). The Morgan fingerprint density at radius 3 is 3.12 bits per heavy atom. The van der Waals surface area contributed by atoms with E-state index in [0.717, 1.165) is 15.7 Å². The number of thioether (sulfide) groups is 1. The molecule has 0 atom stereocenters. The first-order valence-corrected chi connectivity index (χ1v) is 6.52. The maximum Gasteiger partial charge on any atom is 0.170 e. The van der Waals surface area contributed by atoms with Crippen LogP contribution >= 0.6 is 23.3 Å². The Labute approximate surface area is 107 Å². The SMILES string of the molecule is NC(=NO)c1cccc(CSc2ncns2)c1. The Kier molecular flexibility index (Phi) is 3.94. The minimum Gasteiger partial charge on any atom is -0.409 e. The van der Waals surface area contributed by atoms with Crippen molar-refractivity contribution in [3.8, 4) is 0 Å². The maximum atomic E-state index is 8.60. The highest BCUT2D eigenvalue weighted by molar-refractivity contribution is 8.00. The van der Waals surface area contributed by atoms with Gasteiger partial charge in [-0.2, -0.15) is 4.37 Å². The number of aromatic nitrogens is 2. The molecule has 0 unspecified atom stereocenters. The highest BCUT2D eigenvalue weighted by Crippen LogP contribution is 2.23. The van der Waals surface area contributed by atoms with E-state index in [9.17, 15) is 0 Å². The molecule has 2 aromatic rings. The second kappa shape index (κ2) is 5.65. The molecule has 7 heteroatoms. The molecular weight excluding hydrogens is 256 g/mol. The third kappa shape index (κ3) is 3.18. The molecule has 0 aliphatic rings. The van der Waals surface area contributed by atoms with E-state index < -0.39 is 0 Å². The third-order valence-corrected chi connectivity index (χ3v) is 3.90. The average molecular weight is 266 g/mol. The molecule has 0 fully saturated rings. The quantitative estimate of drug-likeness (QED) is 0.290. The molecule has 88 valence electrons. The molecule has 0 aliphatic heterocycles. The van der Waals surface area contributed by atoms with Crippen molar-refractivity contribution >= 4 is 29.1 Å². The minimum atomic E-state index is 0.118. The van der Waals surface area contributed by atoms with E-state index in [2.05, 4.69) is 14.5 Å². The summed E-state index contributed by atoms with van der Waals surface area (Å²) in [4.78, 5) is 4.09. The molecule has 1 heterocycles. The van der Waals surface area contributed by atoms with Crippen molar-refractivity contribution in [1.82, 2.24) is 9.36 Å². The van der Waals surface area contributed by atoms with Crippen molar-refractivity contribution in [3.63, 3.8) is 0 Å². The number of hydrogen-bond acceptors (Lipinski definition) is 6. The van der Waals surface area contributed by atoms with Crippen LogP contribution in [0.5, 0.6) is 0 Å². The van der Waals surface area contributed by atoms with Gasteiger partial charge in [0.05, 0.1) is 0 Å². The van der Waals surface area contributed by atoms with Crippen LogP contribution in [-0.4, -0.2) is 20.4 Å². The van der Waals surface area contributed by atoms with Crippen molar-refractivity contribution < 1.29 is 5.21 Å². The van der Waals surface area contributed by atoms with Crippen LogP contribution in [0, 0.1) is 0 Å². The van der Waals surface area contributed by atoms with Gasteiger partial charge in [0.15, 0.2) is 10.2 Å². The summed E-state index contributed by atoms with van der Waals surface area (Å²) in [6, 6.07) is 7.56. The number of nitrogens with zero attached hydrogens (tertiary/aromatic N) is 3. The minimum absolute atomic E-state index is 0.118. The van der Waals surface area contributed by atoms with Gasteiger partial charge in [0.1, 0.15) is 6.33 Å². The Bertz CT molecular complexity index is 513. The van der Waals surface area contributed by atoms with Crippen LogP contribution < -0.4 is 5.73 Å². The second-order valence-corrected chi connectivity index (χ2v) is 5.18. The Balaban J connectivity index is 2.06. The van der Waals surface area contributed by atoms with Crippen molar-refractivity contribution in [2.75, 3.05) is 0 Å². The molecule has 0 radical (unpaired) electrons. The number of hydrogen-bond donors (Lipinski definition) is 2. The van der Waals surface area contributed by atoms with Crippen LogP contribution in [0.3, 0.4) is 0 Å². The van der Waals surface area contributed by atoms with E-state index in [-0.39, 0.29) is 5.84 Å². The van der Waals surface area contributed by atoms with Crippen LogP contribution in [0.4, 0.5) is 0 Å². The van der Waals surface area contributed by atoms with Crippen molar-refractivity contribution in [1.29, 1.82) is 0 Å². The first-order chi connectivity index (χ1) is 8.29. The van der Waals surface area contributed by atoms with E-state index in [4.69, 9.17) is 10.9 Å². The number of nitrogens with two attached hydrogens (primary N) is 1. The van der Waals surface area contributed by atoms with Crippen LogP contribution in [0.15, 0.2) is 40.1 Å². The number of oxime groups is 1. The highest BCUT2D eigenvalue weighted by atomic mass is 32.2. The third-order valence-electron chi connectivity index (χ3n) is 2.03. The first-order valence-electron chi connectivity index (χ1n) is 4.76. The summed E-state index contributed by atoms with van der Waals surface area (Å²) in [5.41, 5.74) is 7.33. The fourth-order valence-electron chi connectivity index (χ4n) is 1.25. The van der Waals surface area contributed by atoms with E-state index in [1.54, 1.807) is 24.2 Å².